The van der Waals surface area contributed by atoms with Gasteiger partial charge in [-0.15, -0.1) is 0 Å². The number of amides is 1. The molecule has 1 aromatic carbocycles. The molecular formula is C14H18BrNO3. The van der Waals surface area contributed by atoms with Gasteiger partial charge in [0.2, 0.25) is 0 Å². The highest BCUT2D eigenvalue weighted by molar-refractivity contribution is 9.10. The Bertz CT molecular complexity index is 492. The predicted molar refractivity (Wildman–Crippen MR) is 77.1 cm³/mol. The fourth-order valence-corrected chi connectivity index (χ4v) is 1.65. The Hall–Kier alpha value is -1.36. The fourth-order valence-electron chi connectivity index (χ4n) is 1.38. The van der Waals surface area contributed by atoms with E-state index >= 15 is 0 Å². The average Bonchev–Trinajstić information content (AvgIpc) is 2.28. The van der Waals surface area contributed by atoms with E-state index < -0.39 is 16.9 Å². The van der Waals surface area contributed by atoms with Gasteiger partial charge in [0, 0.05) is 10.0 Å². The summed E-state index contributed by atoms with van der Waals surface area (Å²) in [5.74, 6) is -1.24. The van der Waals surface area contributed by atoms with Crippen molar-refractivity contribution in [2.75, 3.05) is 0 Å². The highest BCUT2D eigenvalue weighted by Gasteiger charge is 2.44. The first-order chi connectivity index (χ1) is 8.58. The lowest BCUT2D eigenvalue weighted by Crippen LogP contribution is -2.56. The van der Waals surface area contributed by atoms with Crippen molar-refractivity contribution in [3.05, 3.63) is 34.3 Å². The van der Waals surface area contributed by atoms with Crippen LogP contribution in [0.2, 0.25) is 0 Å². The highest BCUT2D eigenvalue weighted by atomic mass is 79.9. The molecule has 0 atom stereocenters. The van der Waals surface area contributed by atoms with Crippen LogP contribution in [-0.2, 0) is 4.79 Å². The third-order valence-corrected chi connectivity index (χ3v) is 4.16. The molecular weight excluding hydrogens is 310 g/mol. The minimum Gasteiger partial charge on any atom is -0.481 e. The summed E-state index contributed by atoms with van der Waals surface area (Å²) in [6.45, 7) is 6.60. The zero-order valence-electron chi connectivity index (χ0n) is 11.5. The van der Waals surface area contributed by atoms with Gasteiger partial charge in [0.25, 0.3) is 5.91 Å². The van der Waals surface area contributed by atoms with Crippen LogP contribution in [-0.4, -0.2) is 22.5 Å². The van der Waals surface area contributed by atoms with E-state index in [1.54, 1.807) is 52.0 Å². The van der Waals surface area contributed by atoms with Crippen LogP contribution in [0, 0.1) is 5.41 Å². The summed E-state index contributed by atoms with van der Waals surface area (Å²) in [5, 5.41) is 12.0. The van der Waals surface area contributed by atoms with Crippen molar-refractivity contribution < 1.29 is 14.7 Å². The molecule has 0 bridgehead atoms. The van der Waals surface area contributed by atoms with Crippen LogP contribution in [0.15, 0.2) is 28.7 Å². The van der Waals surface area contributed by atoms with Gasteiger partial charge in [0.05, 0.1) is 11.0 Å². The van der Waals surface area contributed by atoms with Crippen molar-refractivity contribution in [1.82, 2.24) is 5.32 Å². The summed E-state index contributed by atoms with van der Waals surface area (Å²) in [5.41, 5.74) is -1.45. The van der Waals surface area contributed by atoms with E-state index in [1.165, 1.54) is 0 Å². The molecule has 0 saturated heterocycles. The second kappa shape index (κ2) is 5.33. The summed E-state index contributed by atoms with van der Waals surface area (Å²) in [6, 6.07) is 6.90. The number of carbonyl (C=O) groups excluding carboxylic acids is 1. The number of carbonyl (C=O) groups is 2. The largest absolute Gasteiger partial charge is 0.481 e. The number of rotatable bonds is 4. The Morgan fingerprint density at radius 3 is 2.00 bits per heavy atom. The van der Waals surface area contributed by atoms with Crippen molar-refractivity contribution in [1.29, 1.82) is 0 Å². The van der Waals surface area contributed by atoms with Crippen LogP contribution >= 0.6 is 15.9 Å². The van der Waals surface area contributed by atoms with Crippen molar-refractivity contribution in [2.45, 2.75) is 33.2 Å². The van der Waals surface area contributed by atoms with Gasteiger partial charge in [0.15, 0.2) is 0 Å². The minimum absolute atomic E-state index is 0.285. The van der Waals surface area contributed by atoms with Gasteiger partial charge >= 0.3 is 5.97 Å². The molecule has 0 fully saturated rings. The molecule has 1 aromatic rings. The quantitative estimate of drug-likeness (QED) is 0.893. The molecule has 0 aromatic heterocycles. The molecule has 1 amide bonds. The van der Waals surface area contributed by atoms with E-state index in [0.717, 1.165) is 4.47 Å². The summed E-state index contributed by atoms with van der Waals surface area (Å²) >= 11 is 3.30. The monoisotopic (exact) mass is 327 g/mol. The van der Waals surface area contributed by atoms with Gasteiger partial charge in [-0.1, -0.05) is 15.9 Å². The van der Waals surface area contributed by atoms with Crippen LogP contribution < -0.4 is 5.32 Å². The number of carboxylic acids is 1. The van der Waals surface area contributed by atoms with E-state index in [4.69, 9.17) is 0 Å². The van der Waals surface area contributed by atoms with Gasteiger partial charge in [-0.2, -0.15) is 0 Å². The first-order valence-electron chi connectivity index (χ1n) is 5.89. The summed E-state index contributed by atoms with van der Waals surface area (Å²) < 4.78 is 0.883. The SMILES string of the molecule is CC(C)(NC(=O)c1ccc(Br)cc1)C(C)(C)C(=O)O. The maximum absolute atomic E-state index is 12.1. The smallest absolute Gasteiger partial charge is 0.311 e. The molecule has 0 aliphatic rings. The molecule has 2 N–H and O–H groups in total. The molecule has 104 valence electrons. The third-order valence-electron chi connectivity index (χ3n) is 3.63. The van der Waals surface area contributed by atoms with E-state index in [0.29, 0.717) is 5.56 Å². The molecule has 0 spiro atoms. The number of hydrogen-bond donors (Lipinski definition) is 2. The van der Waals surface area contributed by atoms with Gasteiger partial charge in [-0.25, -0.2) is 0 Å². The normalized spacial score (nSPS) is 12.1. The molecule has 19 heavy (non-hydrogen) atoms. The molecule has 5 heteroatoms. The molecule has 0 aliphatic carbocycles. The standard InChI is InChI=1S/C14H18BrNO3/c1-13(2,12(18)19)14(3,4)16-11(17)9-5-7-10(15)8-6-9/h5-8H,1-4H3,(H,16,17)(H,18,19). The predicted octanol–water partition coefficient (Wildman–Crippen LogP) is 3.07. The highest BCUT2D eigenvalue weighted by Crippen LogP contribution is 2.31. The maximum atomic E-state index is 12.1. The summed E-state index contributed by atoms with van der Waals surface area (Å²) in [7, 11) is 0. The van der Waals surface area contributed by atoms with E-state index in [1.807, 2.05) is 0 Å². The van der Waals surface area contributed by atoms with Crippen LogP contribution in [0.1, 0.15) is 38.1 Å². The van der Waals surface area contributed by atoms with Crippen molar-refractivity contribution in [2.24, 2.45) is 5.41 Å². The summed E-state index contributed by atoms with van der Waals surface area (Å²) in [6.07, 6.45) is 0. The average molecular weight is 328 g/mol. The Morgan fingerprint density at radius 2 is 1.58 bits per heavy atom. The fraction of sp³-hybridized carbons (Fsp3) is 0.429. The zero-order valence-corrected chi connectivity index (χ0v) is 13.0. The second-order valence-corrected chi connectivity index (χ2v) is 6.43. The number of aliphatic carboxylic acids is 1. The van der Waals surface area contributed by atoms with Crippen molar-refractivity contribution in [3.8, 4) is 0 Å². The van der Waals surface area contributed by atoms with Crippen LogP contribution in [0.25, 0.3) is 0 Å². The van der Waals surface area contributed by atoms with E-state index in [9.17, 15) is 14.7 Å². The number of benzene rings is 1. The van der Waals surface area contributed by atoms with Crippen molar-refractivity contribution >= 4 is 27.8 Å². The molecule has 4 nitrogen and oxygen atoms in total. The van der Waals surface area contributed by atoms with Crippen LogP contribution in [0.5, 0.6) is 0 Å². The van der Waals surface area contributed by atoms with Gasteiger partial charge in [-0.05, 0) is 52.0 Å². The number of hydrogen-bond acceptors (Lipinski definition) is 2. The summed E-state index contributed by atoms with van der Waals surface area (Å²) in [4.78, 5) is 23.4. The Kier molecular flexibility index (Phi) is 4.40. The Morgan fingerprint density at radius 1 is 1.11 bits per heavy atom. The third kappa shape index (κ3) is 3.35. The molecule has 0 heterocycles. The first-order valence-corrected chi connectivity index (χ1v) is 6.69. The molecule has 0 aliphatic heterocycles. The van der Waals surface area contributed by atoms with Crippen molar-refractivity contribution in [3.63, 3.8) is 0 Å². The maximum Gasteiger partial charge on any atom is 0.311 e. The second-order valence-electron chi connectivity index (χ2n) is 5.52. The topological polar surface area (TPSA) is 66.4 Å². The number of halogens is 1. The van der Waals surface area contributed by atoms with Crippen LogP contribution in [0.4, 0.5) is 0 Å². The zero-order chi connectivity index (χ0) is 14.8. The first kappa shape index (κ1) is 15.7. The minimum atomic E-state index is -1.07. The number of nitrogens with one attached hydrogen (secondary N) is 1. The molecule has 0 saturated carbocycles. The van der Waals surface area contributed by atoms with Crippen LogP contribution in [0.3, 0.4) is 0 Å². The van der Waals surface area contributed by atoms with Gasteiger partial charge < -0.3 is 10.4 Å². The Balaban J connectivity index is 2.92. The number of carboxylic acid groups (broad SMARTS) is 1. The van der Waals surface area contributed by atoms with E-state index in [2.05, 4.69) is 21.2 Å². The lowest BCUT2D eigenvalue weighted by molar-refractivity contribution is -0.150. The van der Waals surface area contributed by atoms with Gasteiger partial charge in [-0.3, -0.25) is 9.59 Å². The molecule has 0 radical (unpaired) electrons. The molecule has 0 unspecified atom stereocenters. The van der Waals surface area contributed by atoms with E-state index in [-0.39, 0.29) is 5.91 Å². The molecule has 1 rings (SSSR count). The lowest BCUT2D eigenvalue weighted by atomic mass is 9.74. The van der Waals surface area contributed by atoms with Gasteiger partial charge in [0.1, 0.15) is 0 Å². The lowest BCUT2D eigenvalue weighted by Gasteiger charge is -2.38. The Labute approximate surface area is 121 Å².